The molecule has 1 unspecified atom stereocenters. The van der Waals surface area contributed by atoms with E-state index < -0.39 is 11.0 Å². The molecule has 1 fully saturated rings. The van der Waals surface area contributed by atoms with Crippen molar-refractivity contribution in [2.24, 2.45) is 16.3 Å². The third-order valence-electron chi connectivity index (χ3n) is 5.70. The van der Waals surface area contributed by atoms with E-state index >= 15 is 0 Å². The maximum absolute atomic E-state index is 10.7. The summed E-state index contributed by atoms with van der Waals surface area (Å²) in [5, 5.41) is 20.9. The van der Waals surface area contributed by atoms with Gasteiger partial charge < -0.3 is 10.0 Å². The average molecular weight is 368 g/mol. The molecular weight excluding hydrogens is 342 g/mol. The van der Waals surface area contributed by atoms with E-state index in [0.29, 0.717) is 17.5 Å². The molecule has 1 aromatic rings. The Labute approximate surface area is 159 Å². The van der Waals surface area contributed by atoms with Crippen LogP contribution in [0.25, 0.3) is 0 Å². The first-order valence-electron chi connectivity index (χ1n) is 9.14. The number of likely N-dealkylation sites (N-methyl/N-ethyl adjacent to an activating group) is 1. The number of benzene rings is 1. The summed E-state index contributed by atoms with van der Waals surface area (Å²) in [5.74, 6) is 0.466. The van der Waals surface area contributed by atoms with Gasteiger partial charge in [0.25, 0.3) is 5.69 Å². The molecule has 0 spiro atoms. The van der Waals surface area contributed by atoms with Gasteiger partial charge in [0.05, 0.1) is 30.0 Å². The van der Waals surface area contributed by atoms with E-state index in [2.05, 4.69) is 56.3 Å². The third kappa shape index (κ3) is 3.77. The van der Waals surface area contributed by atoms with Gasteiger partial charge >= 0.3 is 0 Å². The highest BCUT2D eigenvalue weighted by Gasteiger charge is 2.51. The first-order valence-corrected chi connectivity index (χ1v) is 9.14. The zero-order chi connectivity index (χ0) is 19.6. The molecule has 1 heterocycles. The number of fused-ring (bicyclic) bond motifs is 1. The Bertz CT molecular complexity index is 822. The Morgan fingerprint density at radius 2 is 1.96 bits per heavy atom. The summed E-state index contributed by atoms with van der Waals surface area (Å²) in [7, 11) is 2.18. The number of nitrogens with one attached hydrogen (secondary N) is 1. The van der Waals surface area contributed by atoms with Crippen molar-refractivity contribution in [1.29, 1.82) is 0 Å². The van der Waals surface area contributed by atoms with E-state index in [0.717, 1.165) is 0 Å². The highest BCUT2D eigenvalue weighted by atomic mass is 16.6. The highest BCUT2D eigenvalue weighted by Crippen LogP contribution is 2.40. The number of non-ortho nitro benzene ring substituents is 1. The molecule has 0 bridgehead atoms. The van der Waals surface area contributed by atoms with Crippen LogP contribution in [-0.2, 0) is 0 Å². The summed E-state index contributed by atoms with van der Waals surface area (Å²) in [6.45, 7) is 4.74. The number of aliphatic hydroxyl groups is 1. The van der Waals surface area contributed by atoms with E-state index in [1.807, 2.05) is 0 Å². The molecule has 27 heavy (non-hydrogen) atoms. The number of aliphatic imine (C=N–C) groups is 1. The third-order valence-corrected chi connectivity index (χ3v) is 5.70. The van der Waals surface area contributed by atoms with Crippen molar-refractivity contribution in [2.45, 2.75) is 26.0 Å². The lowest BCUT2D eigenvalue weighted by Crippen LogP contribution is -3.09. The van der Waals surface area contributed by atoms with Crippen LogP contribution < -0.4 is 4.90 Å². The number of nitrogens with zero attached hydrogens (tertiary/aromatic N) is 2. The van der Waals surface area contributed by atoms with Crippen molar-refractivity contribution in [3.8, 4) is 0 Å². The number of rotatable bonds is 5. The van der Waals surface area contributed by atoms with Crippen LogP contribution in [0.3, 0.4) is 0 Å². The second-order valence-electron chi connectivity index (χ2n) is 7.69. The minimum atomic E-state index is -0.782. The molecule has 6 nitrogen and oxygen atoms in total. The van der Waals surface area contributed by atoms with Gasteiger partial charge in [0.1, 0.15) is 11.7 Å². The summed E-state index contributed by atoms with van der Waals surface area (Å²) in [4.78, 5) is 16.0. The molecule has 6 heteroatoms. The van der Waals surface area contributed by atoms with Crippen LogP contribution in [0.5, 0.6) is 0 Å². The molecule has 2 N–H and O–H groups in total. The fraction of sp³-hybridized carbons (Fsp3) is 0.381. The molecule has 0 radical (unpaired) electrons. The van der Waals surface area contributed by atoms with Crippen LogP contribution in [0.15, 0.2) is 65.3 Å². The Hall–Kier alpha value is -2.57. The average Bonchev–Trinajstić information content (AvgIpc) is 2.85. The Kier molecular flexibility index (Phi) is 5.39. The van der Waals surface area contributed by atoms with Crippen LogP contribution >= 0.6 is 0 Å². The number of hydrogen-bond acceptors (Lipinski definition) is 4. The normalized spacial score (nSPS) is 28.6. The summed E-state index contributed by atoms with van der Waals surface area (Å²) >= 11 is 0. The number of likely N-dealkylation sites (tertiary alicyclic amines) is 1. The van der Waals surface area contributed by atoms with Crippen molar-refractivity contribution in [3.63, 3.8) is 0 Å². The number of nitro benzene ring substituents is 1. The lowest BCUT2D eigenvalue weighted by atomic mass is 9.75. The molecule has 3 rings (SSSR count). The number of aliphatic hydroxyl groups excluding tert-OH is 1. The smallest absolute Gasteiger partial charge is 0.269 e. The van der Waals surface area contributed by atoms with E-state index in [1.165, 1.54) is 22.7 Å². The zero-order valence-electron chi connectivity index (χ0n) is 15.9. The van der Waals surface area contributed by atoms with Gasteiger partial charge in [-0.05, 0) is 37.6 Å². The van der Waals surface area contributed by atoms with E-state index in [-0.39, 0.29) is 17.6 Å². The lowest BCUT2D eigenvalue weighted by molar-refractivity contribution is -0.851. The fourth-order valence-corrected chi connectivity index (χ4v) is 4.14. The molecule has 1 aliphatic heterocycles. The summed E-state index contributed by atoms with van der Waals surface area (Å²) in [6, 6.07) is 6.37. The van der Waals surface area contributed by atoms with Gasteiger partial charge in [0.2, 0.25) is 0 Å². The molecule has 142 valence electrons. The zero-order valence-corrected chi connectivity index (χ0v) is 15.9. The van der Waals surface area contributed by atoms with Gasteiger partial charge in [-0.1, -0.05) is 18.2 Å². The van der Waals surface area contributed by atoms with Crippen LogP contribution in [0.4, 0.5) is 5.69 Å². The van der Waals surface area contributed by atoms with Crippen LogP contribution in [0, 0.1) is 21.4 Å². The van der Waals surface area contributed by atoms with Crippen molar-refractivity contribution >= 4 is 11.9 Å². The monoisotopic (exact) mass is 368 g/mol. The van der Waals surface area contributed by atoms with Gasteiger partial charge in [-0.15, -0.1) is 0 Å². The molecule has 2 aliphatic rings. The predicted octanol–water partition coefficient (Wildman–Crippen LogP) is 2.25. The van der Waals surface area contributed by atoms with Crippen molar-refractivity contribution < 1.29 is 14.9 Å². The Morgan fingerprint density at radius 3 is 2.59 bits per heavy atom. The van der Waals surface area contributed by atoms with Crippen LogP contribution in [-0.4, -0.2) is 35.9 Å². The maximum atomic E-state index is 10.7. The van der Waals surface area contributed by atoms with Gasteiger partial charge in [0, 0.05) is 30.3 Å². The second kappa shape index (κ2) is 7.58. The van der Waals surface area contributed by atoms with Crippen molar-refractivity contribution in [2.75, 3.05) is 13.6 Å². The lowest BCUT2D eigenvalue weighted by Gasteiger charge is -2.23. The molecule has 1 saturated heterocycles. The summed E-state index contributed by atoms with van der Waals surface area (Å²) < 4.78 is 0. The Morgan fingerprint density at radius 1 is 1.30 bits per heavy atom. The Balaban J connectivity index is 1.66. The maximum Gasteiger partial charge on any atom is 0.269 e. The van der Waals surface area contributed by atoms with Crippen LogP contribution in [0.1, 0.15) is 25.5 Å². The van der Waals surface area contributed by atoms with Gasteiger partial charge in [-0.25, -0.2) is 0 Å². The number of allylic oxidation sites excluding steroid dienone is 4. The van der Waals surface area contributed by atoms with E-state index in [4.69, 9.17) is 0 Å². The molecular formula is C21H26N3O3+. The topological polar surface area (TPSA) is 80.2 Å². The highest BCUT2D eigenvalue weighted by molar-refractivity contribution is 5.72. The SMILES string of the molecule is C[NH+]1/C(=C/C=NC[C@H](O)c2ccc([N+](=O)[O-])cc2)C(C)(C)[C@@H]2C=CC=C[C@@H]21. The number of hydrogen-bond donors (Lipinski definition) is 2. The molecule has 0 aromatic heterocycles. The largest absolute Gasteiger partial charge is 0.386 e. The molecule has 4 atom stereocenters. The van der Waals surface area contributed by atoms with Crippen molar-refractivity contribution in [3.05, 3.63) is 76.0 Å². The molecule has 1 aromatic carbocycles. The number of quaternary nitrogens is 1. The first-order chi connectivity index (χ1) is 12.8. The molecule has 0 amide bonds. The number of nitro groups is 1. The van der Waals surface area contributed by atoms with Gasteiger partial charge in [0.15, 0.2) is 0 Å². The van der Waals surface area contributed by atoms with Crippen molar-refractivity contribution in [1.82, 2.24) is 0 Å². The molecule has 1 aliphatic carbocycles. The fourth-order valence-electron chi connectivity index (χ4n) is 4.14. The summed E-state index contributed by atoms with van der Waals surface area (Å²) in [6.07, 6.45) is 11.8. The minimum Gasteiger partial charge on any atom is -0.386 e. The second-order valence-corrected chi connectivity index (χ2v) is 7.69. The van der Waals surface area contributed by atoms with Crippen LogP contribution in [0.2, 0.25) is 0 Å². The first kappa shape index (κ1) is 19.2. The van der Waals surface area contributed by atoms with E-state index in [1.54, 1.807) is 18.3 Å². The standard InChI is InChI=1S/C21H25N3O3/c1-21(2)17-6-4-5-7-18(17)23(3)20(21)12-13-22-14-19(25)15-8-10-16(11-9-15)24(26)27/h4-13,17-19,25H,14H2,1-3H3/p+1/b20-12+,22-13?/t17-,18+,19+/m1/s1. The molecule has 0 saturated carbocycles. The summed E-state index contributed by atoms with van der Waals surface area (Å²) in [5.41, 5.74) is 1.97. The predicted molar refractivity (Wildman–Crippen MR) is 106 cm³/mol. The minimum absolute atomic E-state index is 0.0122. The van der Waals surface area contributed by atoms with Gasteiger partial charge in [-0.2, -0.15) is 0 Å². The van der Waals surface area contributed by atoms with E-state index in [9.17, 15) is 15.2 Å². The quantitative estimate of drug-likeness (QED) is 0.475. The van der Waals surface area contributed by atoms with Gasteiger partial charge in [-0.3, -0.25) is 15.1 Å².